The van der Waals surface area contributed by atoms with Crippen molar-refractivity contribution in [3.63, 3.8) is 0 Å². The van der Waals surface area contributed by atoms with Crippen LogP contribution in [0.5, 0.6) is 0 Å². The summed E-state index contributed by atoms with van der Waals surface area (Å²) in [6.45, 7) is 8.88. The highest BCUT2D eigenvalue weighted by molar-refractivity contribution is 4.79. The van der Waals surface area contributed by atoms with Gasteiger partial charge in [0.1, 0.15) is 0 Å². The standard InChI is InChI=1S/C12H26O2/c1-5-6-12(9-13,10-14)8-7-11(2,3)4/h13-14H,5-10H2,1-4H3. The Balaban J connectivity index is 4.21. The molecule has 0 rings (SSSR count). The minimum absolute atomic E-state index is 0.105. The van der Waals surface area contributed by atoms with E-state index in [1.807, 2.05) is 0 Å². The van der Waals surface area contributed by atoms with Crippen molar-refractivity contribution < 1.29 is 10.2 Å². The fourth-order valence-electron chi connectivity index (χ4n) is 1.66. The first-order chi connectivity index (χ1) is 6.39. The van der Waals surface area contributed by atoms with E-state index in [-0.39, 0.29) is 24.0 Å². The Bertz CT molecular complexity index is 143. The van der Waals surface area contributed by atoms with E-state index in [1.54, 1.807) is 0 Å². The molecule has 2 nitrogen and oxygen atoms in total. The van der Waals surface area contributed by atoms with Crippen molar-refractivity contribution >= 4 is 0 Å². The summed E-state index contributed by atoms with van der Waals surface area (Å²) in [5, 5.41) is 18.7. The quantitative estimate of drug-likeness (QED) is 0.695. The summed E-state index contributed by atoms with van der Waals surface area (Å²) in [4.78, 5) is 0. The van der Waals surface area contributed by atoms with Gasteiger partial charge in [-0.1, -0.05) is 34.1 Å². The van der Waals surface area contributed by atoms with Gasteiger partial charge in [0.15, 0.2) is 0 Å². The molecule has 0 bridgehead atoms. The molecule has 0 fully saturated rings. The van der Waals surface area contributed by atoms with E-state index < -0.39 is 0 Å². The fourth-order valence-corrected chi connectivity index (χ4v) is 1.66. The first-order valence-corrected chi connectivity index (χ1v) is 5.61. The zero-order valence-corrected chi connectivity index (χ0v) is 10.1. The minimum atomic E-state index is -0.248. The van der Waals surface area contributed by atoms with Gasteiger partial charge in [-0.25, -0.2) is 0 Å². The van der Waals surface area contributed by atoms with Crippen LogP contribution < -0.4 is 0 Å². The molecule has 0 atom stereocenters. The summed E-state index contributed by atoms with van der Waals surface area (Å²) in [5.74, 6) is 0. The molecular formula is C12H26O2. The van der Waals surface area contributed by atoms with Crippen LogP contribution in [0, 0.1) is 10.8 Å². The van der Waals surface area contributed by atoms with Gasteiger partial charge in [-0.2, -0.15) is 0 Å². The van der Waals surface area contributed by atoms with Crippen molar-refractivity contribution in [2.24, 2.45) is 10.8 Å². The second kappa shape index (κ2) is 5.72. The predicted molar refractivity (Wildman–Crippen MR) is 60.2 cm³/mol. The van der Waals surface area contributed by atoms with Crippen molar-refractivity contribution in [3.8, 4) is 0 Å². The lowest BCUT2D eigenvalue weighted by Crippen LogP contribution is -2.31. The zero-order chi connectivity index (χ0) is 11.2. The highest BCUT2D eigenvalue weighted by Gasteiger charge is 2.29. The summed E-state index contributed by atoms with van der Waals surface area (Å²) in [7, 11) is 0. The monoisotopic (exact) mass is 202 g/mol. The van der Waals surface area contributed by atoms with Gasteiger partial charge in [0, 0.05) is 5.41 Å². The smallest absolute Gasteiger partial charge is 0.0509 e. The molecule has 0 heterocycles. The van der Waals surface area contributed by atoms with E-state index in [1.165, 1.54) is 0 Å². The number of aliphatic hydroxyl groups is 2. The van der Waals surface area contributed by atoms with Crippen molar-refractivity contribution in [1.82, 2.24) is 0 Å². The molecule has 2 N–H and O–H groups in total. The highest BCUT2D eigenvalue weighted by Crippen LogP contribution is 2.33. The van der Waals surface area contributed by atoms with Crippen molar-refractivity contribution in [2.75, 3.05) is 13.2 Å². The maximum atomic E-state index is 9.34. The Kier molecular flexibility index (Phi) is 5.68. The van der Waals surface area contributed by atoms with E-state index in [0.717, 1.165) is 25.7 Å². The van der Waals surface area contributed by atoms with Gasteiger partial charge in [0.2, 0.25) is 0 Å². The normalized spacial score (nSPS) is 13.3. The third-order valence-corrected chi connectivity index (χ3v) is 2.86. The average Bonchev–Trinajstić information content (AvgIpc) is 2.11. The van der Waals surface area contributed by atoms with Crippen LogP contribution >= 0.6 is 0 Å². The minimum Gasteiger partial charge on any atom is -0.396 e. The summed E-state index contributed by atoms with van der Waals surface area (Å²) in [6.07, 6.45) is 3.90. The van der Waals surface area contributed by atoms with Gasteiger partial charge >= 0.3 is 0 Å². The van der Waals surface area contributed by atoms with E-state index in [0.29, 0.717) is 0 Å². The van der Waals surface area contributed by atoms with Crippen molar-refractivity contribution in [1.29, 1.82) is 0 Å². The van der Waals surface area contributed by atoms with Gasteiger partial charge in [-0.15, -0.1) is 0 Å². The molecule has 0 unspecified atom stereocenters. The summed E-state index contributed by atoms with van der Waals surface area (Å²) < 4.78 is 0. The number of hydrogen-bond acceptors (Lipinski definition) is 2. The van der Waals surface area contributed by atoms with Crippen LogP contribution in [0.2, 0.25) is 0 Å². The van der Waals surface area contributed by atoms with Crippen LogP contribution in [-0.2, 0) is 0 Å². The van der Waals surface area contributed by atoms with Crippen LogP contribution in [0.15, 0.2) is 0 Å². The van der Waals surface area contributed by atoms with E-state index in [9.17, 15) is 10.2 Å². The summed E-state index contributed by atoms with van der Waals surface area (Å²) >= 11 is 0. The molecule has 0 radical (unpaired) electrons. The maximum Gasteiger partial charge on any atom is 0.0509 e. The van der Waals surface area contributed by atoms with Gasteiger partial charge in [0.05, 0.1) is 13.2 Å². The highest BCUT2D eigenvalue weighted by atomic mass is 16.3. The lowest BCUT2D eigenvalue weighted by Gasteiger charge is -2.32. The molecule has 0 amide bonds. The topological polar surface area (TPSA) is 40.5 Å². The molecule has 0 aromatic heterocycles. The molecule has 0 aromatic carbocycles. The zero-order valence-electron chi connectivity index (χ0n) is 10.1. The molecule has 0 aromatic rings. The molecule has 0 aliphatic carbocycles. The predicted octanol–water partition coefficient (Wildman–Crippen LogP) is 2.58. The molecule has 0 aliphatic heterocycles. The number of rotatable bonds is 6. The van der Waals surface area contributed by atoms with Crippen LogP contribution in [0.25, 0.3) is 0 Å². The average molecular weight is 202 g/mol. The molecule has 0 saturated heterocycles. The first kappa shape index (κ1) is 13.9. The van der Waals surface area contributed by atoms with Gasteiger partial charge < -0.3 is 10.2 Å². The Morgan fingerprint density at radius 1 is 0.857 bits per heavy atom. The van der Waals surface area contributed by atoms with Crippen LogP contribution in [-0.4, -0.2) is 23.4 Å². The Morgan fingerprint density at radius 3 is 1.64 bits per heavy atom. The SMILES string of the molecule is CCCC(CO)(CO)CCC(C)(C)C. The van der Waals surface area contributed by atoms with Crippen molar-refractivity contribution in [2.45, 2.75) is 53.4 Å². The largest absolute Gasteiger partial charge is 0.396 e. The number of aliphatic hydroxyl groups excluding tert-OH is 2. The second-order valence-electron chi connectivity index (χ2n) is 5.63. The Morgan fingerprint density at radius 2 is 1.36 bits per heavy atom. The molecule has 2 heteroatoms. The molecule has 14 heavy (non-hydrogen) atoms. The molecule has 0 saturated carbocycles. The van der Waals surface area contributed by atoms with Crippen LogP contribution in [0.1, 0.15) is 53.4 Å². The van der Waals surface area contributed by atoms with E-state index in [2.05, 4.69) is 27.7 Å². The van der Waals surface area contributed by atoms with E-state index in [4.69, 9.17) is 0 Å². The lowest BCUT2D eigenvalue weighted by molar-refractivity contribution is 0.0302. The molecule has 0 spiro atoms. The second-order valence-corrected chi connectivity index (χ2v) is 5.63. The lowest BCUT2D eigenvalue weighted by atomic mass is 9.76. The van der Waals surface area contributed by atoms with Crippen LogP contribution in [0.3, 0.4) is 0 Å². The van der Waals surface area contributed by atoms with E-state index >= 15 is 0 Å². The first-order valence-electron chi connectivity index (χ1n) is 5.61. The third kappa shape index (κ3) is 4.97. The van der Waals surface area contributed by atoms with Gasteiger partial charge in [0.25, 0.3) is 0 Å². The van der Waals surface area contributed by atoms with Crippen LogP contribution in [0.4, 0.5) is 0 Å². The fraction of sp³-hybridized carbons (Fsp3) is 1.00. The number of hydrogen-bond donors (Lipinski definition) is 2. The summed E-state index contributed by atoms with van der Waals surface area (Å²) in [5.41, 5.74) is 0.0331. The molecular weight excluding hydrogens is 176 g/mol. The maximum absolute atomic E-state index is 9.34. The summed E-state index contributed by atoms with van der Waals surface area (Å²) in [6, 6.07) is 0. The van der Waals surface area contributed by atoms with Crippen molar-refractivity contribution in [3.05, 3.63) is 0 Å². The molecule has 86 valence electrons. The van der Waals surface area contributed by atoms with Gasteiger partial charge in [-0.3, -0.25) is 0 Å². The Labute approximate surface area is 88.3 Å². The van der Waals surface area contributed by atoms with Gasteiger partial charge in [-0.05, 0) is 24.7 Å². The third-order valence-electron chi connectivity index (χ3n) is 2.86. The Hall–Kier alpha value is -0.0800. The molecule has 0 aliphatic rings.